The molecule has 0 atom stereocenters. The maximum Gasteiger partial charge on any atom is 0.119 e. The molecule has 278 valence electrons. The second-order valence-corrected chi connectivity index (χ2v) is 13.5. The number of aromatic nitrogens is 4. The highest BCUT2D eigenvalue weighted by atomic mass is 16.3. The fourth-order valence-electron chi connectivity index (χ4n) is 5.81. The van der Waals surface area contributed by atoms with Crippen molar-refractivity contribution in [3.8, 4) is 23.0 Å². The third-order valence-corrected chi connectivity index (χ3v) is 8.92. The van der Waals surface area contributed by atoms with Crippen LogP contribution in [0.2, 0.25) is 0 Å². The number of phenols is 4. The van der Waals surface area contributed by atoms with Crippen LogP contribution in [-0.4, -0.2) is 40.4 Å². The third kappa shape index (κ3) is 10.9. The summed E-state index contributed by atoms with van der Waals surface area (Å²) in [6.07, 6.45) is 0. The normalized spacial score (nSPS) is 10.3. The van der Waals surface area contributed by atoms with Crippen LogP contribution in [0.3, 0.4) is 0 Å². The van der Waals surface area contributed by atoms with Crippen molar-refractivity contribution < 1.29 is 20.4 Å². The highest BCUT2D eigenvalue weighted by molar-refractivity contribution is 6.22. The quantitative estimate of drug-likeness (QED) is 0.114. The van der Waals surface area contributed by atoms with Crippen LogP contribution in [0, 0.1) is 69.2 Å². The van der Waals surface area contributed by atoms with Gasteiger partial charge in [-0.2, -0.15) is 0 Å². The average Bonchev–Trinajstić information content (AvgIpc) is 3.09. The Morgan fingerprint density at radius 1 is 0.296 bits per heavy atom. The molecule has 4 N–H and O–H groups in total. The Morgan fingerprint density at radius 3 is 0.685 bits per heavy atom. The maximum atomic E-state index is 8.83. The van der Waals surface area contributed by atoms with Gasteiger partial charge in [0, 0.05) is 12.1 Å². The topological polar surface area (TPSA) is 132 Å². The lowest BCUT2D eigenvalue weighted by Gasteiger charge is -2.09. The lowest BCUT2D eigenvalue weighted by molar-refractivity contribution is 0.448. The molecule has 6 aromatic carbocycles. The van der Waals surface area contributed by atoms with E-state index in [9.17, 15) is 0 Å². The highest BCUT2D eigenvalue weighted by Crippen LogP contribution is 2.34. The van der Waals surface area contributed by atoms with Gasteiger partial charge in [-0.25, -0.2) is 0 Å². The van der Waals surface area contributed by atoms with Crippen LogP contribution in [0.4, 0.5) is 0 Å². The molecule has 0 unspecified atom stereocenters. The van der Waals surface area contributed by atoms with Crippen LogP contribution in [0.15, 0.2) is 97.1 Å². The molecule has 0 amide bonds. The van der Waals surface area contributed by atoms with Crippen molar-refractivity contribution in [2.75, 3.05) is 0 Å². The fourth-order valence-corrected chi connectivity index (χ4v) is 5.81. The molecule has 2 aromatic heterocycles. The van der Waals surface area contributed by atoms with Gasteiger partial charge in [0.1, 0.15) is 23.0 Å². The van der Waals surface area contributed by atoms with Crippen LogP contribution in [0.25, 0.3) is 32.3 Å². The van der Waals surface area contributed by atoms with Gasteiger partial charge in [0.25, 0.3) is 0 Å². The molecule has 0 radical (unpaired) electrons. The Bertz CT molecular complexity index is 2080. The minimum atomic E-state index is 0.104. The van der Waals surface area contributed by atoms with Gasteiger partial charge in [0.15, 0.2) is 0 Å². The van der Waals surface area contributed by atoms with Crippen LogP contribution in [0.5, 0.6) is 23.0 Å². The van der Waals surface area contributed by atoms with Crippen molar-refractivity contribution in [2.45, 2.75) is 69.2 Å². The van der Waals surface area contributed by atoms with E-state index in [1.165, 1.54) is 44.5 Å². The predicted octanol–water partition coefficient (Wildman–Crippen LogP) is 10.8. The summed E-state index contributed by atoms with van der Waals surface area (Å²) in [5.41, 5.74) is 9.95. The van der Waals surface area contributed by atoms with Crippen molar-refractivity contribution >= 4 is 32.3 Å². The van der Waals surface area contributed by atoms with Gasteiger partial charge in [-0.3, -0.25) is 19.9 Å². The Kier molecular flexibility index (Phi) is 13.5. The summed E-state index contributed by atoms with van der Waals surface area (Å²) in [4.78, 5) is 17.2. The molecule has 0 saturated carbocycles. The summed E-state index contributed by atoms with van der Waals surface area (Å²) in [5.74, 6) is 0.417. The summed E-state index contributed by atoms with van der Waals surface area (Å²) < 4.78 is 0. The van der Waals surface area contributed by atoms with Crippen LogP contribution in [-0.2, 0) is 0 Å². The molecule has 0 saturated heterocycles. The molecule has 0 spiro atoms. The van der Waals surface area contributed by atoms with E-state index in [0.29, 0.717) is 0 Å². The first-order valence-electron chi connectivity index (χ1n) is 17.7. The zero-order valence-electron chi connectivity index (χ0n) is 32.8. The molecule has 8 aromatic rings. The van der Waals surface area contributed by atoms with Crippen molar-refractivity contribution in [1.29, 1.82) is 0 Å². The smallest absolute Gasteiger partial charge is 0.119 e. The van der Waals surface area contributed by atoms with E-state index < -0.39 is 0 Å². The first-order valence-corrected chi connectivity index (χ1v) is 17.7. The Morgan fingerprint density at radius 2 is 0.500 bits per heavy atom. The standard InChI is InChI=1S/C16H10.2C8H12N2.2C7H8O2/c1-3-11-7-9-13-5-2-6-14-10-8-12(4-1)15(11)16(13)14;2*1-5-6(2)10-8(4)7(3)9-5;2*1-5-2-6(8)4-7(9)3-5/h1-10H;2*1-4H3;2*2-4,8-9H,1H3. The predicted molar refractivity (Wildman–Crippen MR) is 221 cm³/mol. The largest absolute Gasteiger partial charge is 0.508 e. The van der Waals surface area contributed by atoms with Gasteiger partial charge < -0.3 is 20.4 Å². The van der Waals surface area contributed by atoms with Gasteiger partial charge in [-0.1, -0.05) is 60.7 Å². The van der Waals surface area contributed by atoms with Gasteiger partial charge in [-0.15, -0.1) is 0 Å². The SMILES string of the molecule is Cc1cc(O)cc(O)c1.Cc1cc(O)cc(O)c1.Cc1nc(C)c(C)nc1C.Cc1nc(C)c(C)nc1C.c1cc2ccc3cccc4ccc(c1)c2c34. The molecule has 8 nitrogen and oxygen atoms in total. The van der Waals surface area contributed by atoms with Gasteiger partial charge >= 0.3 is 0 Å². The summed E-state index contributed by atoms with van der Waals surface area (Å²) in [6, 6.07) is 30.8. The summed E-state index contributed by atoms with van der Waals surface area (Å²) in [5, 5.41) is 43.5. The number of rotatable bonds is 0. The van der Waals surface area contributed by atoms with Crippen LogP contribution >= 0.6 is 0 Å². The number of aryl methyl sites for hydroxylation is 10. The van der Waals surface area contributed by atoms with E-state index in [-0.39, 0.29) is 23.0 Å². The first-order chi connectivity index (χ1) is 25.5. The summed E-state index contributed by atoms with van der Waals surface area (Å²) >= 11 is 0. The van der Waals surface area contributed by atoms with E-state index in [1.807, 2.05) is 55.4 Å². The molecule has 0 bridgehead atoms. The molecule has 0 aliphatic rings. The third-order valence-electron chi connectivity index (χ3n) is 8.92. The average molecular weight is 723 g/mol. The highest BCUT2D eigenvalue weighted by Gasteiger charge is 2.06. The molecule has 8 rings (SSSR count). The lowest BCUT2D eigenvalue weighted by atomic mass is 9.95. The van der Waals surface area contributed by atoms with E-state index in [4.69, 9.17) is 20.4 Å². The number of benzene rings is 6. The molecule has 0 aliphatic heterocycles. The molecule has 54 heavy (non-hydrogen) atoms. The molecular weight excluding hydrogens is 673 g/mol. The van der Waals surface area contributed by atoms with E-state index in [1.54, 1.807) is 38.1 Å². The molecule has 0 aliphatic carbocycles. The van der Waals surface area contributed by atoms with Crippen molar-refractivity contribution in [3.05, 3.63) is 154 Å². The van der Waals surface area contributed by atoms with Crippen LogP contribution < -0.4 is 0 Å². The van der Waals surface area contributed by atoms with Gasteiger partial charge in [-0.05, 0) is 137 Å². The molecule has 0 fully saturated rings. The maximum absolute atomic E-state index is 8.83. The number of nitrogens with zero attached hydrogens (tertiary/aromatic N) is 4. The second kappa shape index (κ2) is 18.0. The minimum absolute atomic E-state index is 0.104. The first kappa shape index (κ1) is 40.5. The molecule has 2 heterocycles. The zero-order valence-corrected chi connectivity index (χ0v) is 32.8. The summed E-state index contributed by atoms with van der Waals surface area (Å²) in [6.45, 7) is 19.5. The van der Waals surface area contributed by atoms with E-state index in [2.05, 4.69) is 80.6 Å². The number of aromatic hydroxyl groups is 4. The lowest BCUT2D eigenvalue weighted by Crippen LogP contribution is -1.97. The van der Waals surface area contributed by atoms with E-state index >= 15 is 0 Å². The zero-order chi connectivity index (χ0) is 39.7. The van der Waals surface area contributed by atoms with E-state index in [0.717, 1.165) is 56.7 Å². The second-order valence-electron chi connectivity index (χ2n) is 13.5. The Hall–Kier alpha value is -6.28. The fraction of sp³-hybridized carbons (Fsp3) is 0.217. The van der Waals surface area contributed by atoms with Gasteiger partial charge in [0.2, 0.25) is 0 Å². The number of hydrogen-bond donors (Lipinski definition) is 4. The van der Waals surface area contributed by atoms with Crippen molar-refractivity contribution in [3.63, 3.8) is 0 Å². The molecular formula is C46H50N4O4. The van der Waals surface area contributed by atoms with Crippen molar-refractivity contribution in [1.82, 2.24) is 19.9 Å². The molecule has 8 heteroatoms. The van der Waals surface area contributed by atoms with Crippen molar-refractivity contribution in [2.24, 2.45) is 0 Å². The summed E-state index contributed by atoms with van der Waals surface area (Å²) in [7, 11) is 0. The number of phenolic OH excluding ortho intramolecular Hbond substituents is 4. The van der Waals surface area contributed by atoms with Gasteiger partial charge in [0.05, 0.1) is 45.6 Å². The monoisotopic (exact) mass is 722 g/mol. The minimum Gasteiger partial charge on any atom is -0.508 e. The Balaban J connectivity index is 0.000000154. The Labute approximate surface area is 317 Å². The number of hydrogen-bond acceptors (Lipinski definition) is 8. The van der Waals surface area contributed by atoms with Crippen LogP contribution in [0.1, 0.15) is 56.7 Å².